The molecule has 0 saturated heterocycles. The van der Waals surface area contributed by atoms with Crippen LogP contribution >= 0.6 is 0 Å². The fourth-order valence-corrected chi connectivity index (χ4v) is 11.0. The highest BCUT2D eigenvalue weighted by Gasteiger charge is 2.18. The smallest absolute Gasteiger partial charge is 0.220 e. The summed E-state index contributed by atoms with van der Waals surface area (Å²) in [5.74, 6) is -0.0643. The first kappa shape index (κ1) is 71.9. The third-order valence-electron chi connectivity index (χ3n) is 16.2. The Bertz CT molecular complexity index is 1070. The molecule has 0 saturated carbocycles. The van der Waals surface area contributed by atoms with E-state index in [0.29, 0.717) is 6.42 Å². The summed E-state index contributed by atoms with van der Waals surface area (Å²) in [6.45, 7) is 4.35. The Labute approximate surface area is 459 Å². The number of amides is 1. The standard InChI is InChI=1S/C69H135NO3/c1-3-5-7-9-11-13-15-17-19-21-23-25-27-29-31-33-35-37-39-41-43-45-47-49-51-53-55-57-59-61-63-65-69(73)70-67(66-71)68(72)64-62-60-58-56-54-52-50-48-46-44-42-40-38-36-34-32-30-28-26-24-22-20-18-16-14-12-10-8-6-4-2/h54,56,62,64,67-68,71-72H,3-53,55,57-61,63,65-66H2,1-2H3,(H,70,73)/b56-54+,64-62+. The average Bonchev–Trinajstić information content (AvgIpc) is 3.40. The van der Waals surface area contributed by atoms with Crippen molar-refractivity contribution in [3.05, 3.63) is 24.3 Å². The quantitative estimate of drug-likeness (QED) is 0.0420. The molecule has 0 heterocycles. The van der Waals surface area contributed by atoms with Gasteiger partial charge in [0.05, 0.1) is 18.8 Å². The maximum atomic E-state index is 12.5. The van der Waals surface area contributed by atoms with Crippen LogP contribution < -0.4 is 5.32 Å². The minimum absolute atomic E-state index is 0.0643. The normalized spacial score (nSPS) is 12.8. The van der Waals surface area contributed by atoms with Crippen molar-refractivity contribution in [2.45, 2.75) is 405 Å². The summed E-state index contributed by atoms with van der Waals surface area (Å²) >= 11 is 0. The first-order valence-corrected chi connectivity index (χ1v) is 34.1. The van der Waals surface area contributed by atoms with E-state index in [-0.39, 0.29) is 12.5 Å². The van der Waals surface area contributed by atoms with Crippen LogP contribution in [0.25, 0.3) is 0 Å². The predicted octanol–water partition coefficient (Wildman–Crippen LogP) is 23.0. The van der Waals surface area contributed by atoms with Crippen LogP contribution in [-0.2, 0) is 4.79 Å². The van der Waals surface area contributed by atoms with Gasteiger partial charge in [-0.1, -0.05) is 378 Å². The monoisotopic (exact) mass is 1030 g/mol. The number of allylic oxidation sites excluding steroid dienone is 3. The first-order chi connectivity index (χ1) is 36.2. The number of hydrogen-bond donors (Lipinski definition) is 3. The molecule has 434 valence electrons. The molecule has 4 nitrogen and oxygen atoms in total. The molecule has 3 N–H and O–H groups in total. The topological polar surface area (TPSA) is 69.6 Å². The van der Waals surface area contributed by atoms with E-state index in [1.807, 2.05) is 6.08 Å². The highest BCUT2D eigenvalue weighted by Crippen LogP contribution is 2.19. The van der Waals surface area contributed by atoms with Crippen LogP contribution in [0.1, 0.15) is 393 Å². The Hall–Kier alpha value is -1.13. The van der Waals surface area contributed by atoms with Gasteiger partial charge in [0.1, 0.15) is 0 Å². The molecule has 4 heteroatoms. The van der Waals surface area contributed by atoms with Crippen LogP contribution in [-0.4, -0.2) is 34.9 Å². The number of aliphatic hydroxyl groups is 2. The Morgan fingerprint density at radius 3 is 0.795 bits per heavy atom. The molecule has 73 heavy (non-hydrogen) atoms. The molecule has 0 aliphatic rings. The van der Waals surface area contributed by atoms with Gasteiger partial charge in [-0.15, -0.1) is 0 Å². The van der Waals surface area contributed by atoms with E-state index < -0.39 is 12.1 Å². The molecule has 0 aliphatic carbocycles. The van der Waals surface area contributed by atoms with E-state index in [9.17, 15) is 15.0 Å². The molecule has 0 aromatic heterocycles. The van der Waals surface area contributed by atoms with Crippen molar-refractivity contribution in [3.8, 4) is 0 Å². The molecular weight excluding hydrogens is 891 g/mol. The highest BCUT2D eigenvalue weighted by molar-refractivity contribution is 5.76. The van der Waals surface area contributed by atoms with Crippen molar-refractivity contribution >= 4 is 5.91 Å². The SMILES string of the molecule is CCCCCCCCCCCCCCCCCCCCCCCCCC/C=C/CC/C=C/C(O)C(CO)NC(=O)CCCCCCCCCCCCCCCCCCCCCCCCCCCCCCCCC. The van der Waals surface area contributed by atoms with Crippen LogP contribution in [0.15, 0.2) is 24.3 Å². The number of carbonyl (C=O) groups excluding carboxylic acids is 1. The zero-order valence-electron chi connectivity index (χ0n) is 50.2. The van der Waals surface area contributed by atoms with Crippen LogP contribution in [0, 0.1) is 0 Å². The molecule has 2 unspecified atom stereocenters. The molecule has 0 bridgehead atoms. The van der Waals surface area contributed by atoms with Gasteiger partial charge >= 0.3 is 0 Å². The Morgan fingerprint density at radius 2 is 0.534 bits per heavy atom. The Kier molecular flexibility index (Phi) is 64.1. The first-order valence-electron chi connectivity index (χ1n) is 34.1. The molecule has 0 radical (unpaired) electrons. The molecule has 0 spiro atoms. The fraction of sp³-hybridized carbons (Fsp3) is 0.928. The molecule has 0 rings (SSSR count). The zero-order chi connectivity index (χ0) is 52.7. The van der Waals surface area contributed by atoms with E-state index in [4.69, 9.17) is 0 Å². The molecule has 2 atom stereocenters. The van der Waals surface area contributed by atoms with Crippen molar-refractivity contribution in [2.75, 3.05) is 6.61 Å². The van der Waals surface area contributed by atoms with Crippen molar-refractivity contribution < 1.29 is 15.0 Å². The number of unbranched alkanes of at least 4 members (excludes halogenated alkanes) is 55. The number of aliphatic hydroxyl groups excluding tert-OH is 2. The van der Waals surface area contributed by atoms with Crippen molar-refractivity contribution in [1.29, 1.82) is 0 Å². The lowest BCUT2D eigenvalue weighted by Crippen LogP contribution is -2.45. The Morgan fingerprint density at radius 1 is 0.315 bits per heavy atom. The number of rotatable bonds is 64. The maximum Gasteiger partial charge on any atom is 0.220 e. The van der Waals surface area contributed by atoms with Gasteiger partial charge in [-0.3, -0.25) is 4.79 Å². The summed E-state index contributed by atoms with van der Waals surface area (Å²) in [5, 5.41) is 23.3. The third-order valence-corrected chi connectivity index (χ3v) is 16.2. The van der Waals surface area contributed by atoms with Crippen molar-refractivity contribution in [3.63, 3.8) is 0 Å². The van der Waals surface area contributed by atoms with Crippen LogP contribution in [0.4, 0.5) is 0 Å². The third kappa shape index (κ3) is 61.6. The summed E-state index contributed by atoms with van der Waals surface area (Å²) in [6.07, 6.45) is 88.4. The van der Waals surface area contributed by atoms with E-state index in [2.05, 4.69) is 31.3 Å². The predicted molar refractivity (Wildman–Crippen MR) is 327 cm³/mol. The summed E-state index contributed by atoms with van der Waals surface area (Å²) in [5.41, 5.74) is 0. The summed E-state index contributed by atoms with van der Waals surface area (Å²) < 4.78 is 0. The molecule has 1 amide bonds. The molecular formula is C69H135NO3. The summed E-state index contributed by atoms with van der Waals surface area (Å²) in [6, 6.07) is -0.638. The van der Waals surface area contributed by atoms with Gasteiger partial charge in [0, 0.05) is 6.42 Å². The number of hydrogen-bond acceptors (Lipinski definition) is 3. The van der Waals surface area contributed by atoms with Gasteiger partial charge in [0.2, 0.25) is 5.91 Å². The molecule has 0 fully saturated rings. The van der Waals surface area contributed by atoms with Gasteiger partial charge in [-0.25, -0.2) is 0 Å². The lowest BCUT2D eigenvalue weighted by Gasteiger charge is -2.19. The van der Waals surface area contributed by atoms with Crippen LogP contribution in [0.2, 0.25) is 0 Å². The highest BCUT2D eigenvalue weighted by atomic mass is 16.3. The van der Waals surface area contributed by atoms with Crippen LogP contribution in [0.3, 0.4) is 0 Å². The zero-order valence-corrected chi connectivity index (χ0v) is 50.2. The number of carbonyl (C=O) groups is 1. The van der Waals surface area contributed by atoms with Gasteiger partial charge in [0.25, 0.3) is 0 Å². The summed E-state index contributed by atoms with van der Waals surface area (Å²) in [7, 11) is 0. The largest absolute Gasteiger partial charge is 0.394 e. The van der Waals surface area contributed by atoms with E-state index in [1.165, 1.54) is 340 Å². The molecule has 0 aliphatic heterocycles. The van der Waals surface area contributed by atoms with Gasteiger partial charge in [-0.05, 0) is 32.1 Å². The lowest BCUT2D eigenvalue weighted by atomic mass is 10.0. The van der Waals surface area contributed by atoms with Crippen LogP contribution in [0.5, 0.6) is 0 Å². The lowest BCUT2D eigenvalue weighted by molar-refractivity contribution is -0.123. The van der Waals surface area contributed by atoms with E-state index >= 15 is 0 Å². The fourth-order valence-electron chi connectivity index (χ4n) is 11.0. The van der Waals surface area contributed by atoms with Crippen molar-refractivity contribution in [2.24, 2.45) is 0 Å². The summed E-state index contributed by atoms with van der Waals surface area (Å²) in [4.78, 5) is 12.5. The van der Waals surface area contributed by atoms with Gasteiger partial charge in [-0.2, -0.15) is 0 Å². The average molecular weight is 1030 g/mol. The van der Waals surface area contributed by atoms with Gasteiger partial charge < -0.3 is 15.5 Å². The van der Waals surface area contributed by atoms with Crippen molar-refractivity contribution in [1.82, 2.24) is 5.32 Å². The minimum atomic E-state index is -0.861. The molecule has 0 aromatic carbocycles. The van der Waals surface area contributed by atoms with E-state index in [1.54, 1.807) is 6.08 Å². The number of nitrogens with one attached hydrogen (secondary N) is 1. The second kappa shape index (κ2) is 65.2. The van der Waals surface area contributed by atoms with E-state index in [0.717, 1.165) is 32.1 Å². The maximum absolute atomic E-state index is 12.5. The Balaban J connectivity index is 3.43. The second-order valence-corrected chi connectivity index (χ2v) is 23.6. The second-order valence-electron chi connectivity index (χ2n) is 23.6. The molecule has 0 aromatic rings. The van der Waals surface area contributed by atoms with Gasteiger partial charge in [0.15, 0.2) is 0 Å². The minimum Gasteiger partial charge on any atom is -0.394 e.